The minimum Gasteiger partial charge on any atom is -0.492 e. The van der Waals surface area contributed by atoms with E-state index in [-0.39, 0.29) is 0 Å². The molecule has 1 aliphatic heterocycles. The van der Waals surface area contributed by atoms with E-state index in [1.807, 2.05) is 24.3 Å². The first-order chi connectivity index (χ1) is 13.7. The van der Waals surface area contributed by atoms with E-state index in [0.717, 1.165) is 55.2 Å². The van der Waals surface area contributed by atoms with E-state index >= 15 is 0 Å². The van der Waals surface area contributed by atoms with Crippen LogP contribution in [0.1, 0.15) is 10.4 Å². The van der Waals surface area contributed by atoms with Crippen molar-refractivity contribution >= 4 is 16.9 Å². The van der Waals surface area contributed by atoms with Crippen LogP contribution in [0, 0.1) is 0 Å². The highest BCUT2D eigenvalue weighted by Crippen LogP contribution is 2.23. The number of ether oxygens (including phenoxy) is 2. The third-order valence-corrected chi connectivity index (χ3v) is 4.75. The van der Waals surface area contributed by atoms with Gasteiger partial charge in [0.1, 0.15) is 18.2 Å². The van der Waals surface area contributed by atoms with Gasteiger partial charge in [-0.25, -0.2) is 10.5 Å². The van der Waals surface area contributed by atoms with Crippen LogP contribution < -0.4 is 10.2 Å². The number of hydrogen-bond donors (Lipinski definition) is 3. The smallest absolute Gasteiger partial charge is 0.274 e. The summed E-state index contributed by atoms with van der Waals surface area (Å²) in [5, 5.41) is 8.76. The van der Waals surface area contributed by atoms with Gasteiger partial charge in [0.05, 0.1) is 24.2 Å². The van der Waals surface area contributed by atoms with E-state index in [1.165, 1.54) is 0 Å². The number of carbonyl (C=O) groups is 1. The number of morpholine rings is 1. The molecule has 1 amide bonds. The number of nitrogens with zero attached hydrogens (tertiary/aromatic N) is 2. The third-order valence-electron chi connectivity index (χ3n) is 4.75. The van der Waals surface area contributed by atoms with E-state index in [4.69, 9.17) is 14.7 Å². The number of amides is 1. The molecule has 3 aromatic rings. The van der Waals surface area contributed by atoms with Crippen molar-refractivity contribution in [2.24, 2.45) is 0 Å². The summed E-state index contributed by atoms with van der Waals surface area (Å²) >= 11 is 0. The van der Waals surface area contributed by atoms with Gasteiger partial charge in [-0.1, -0.05) is 0 Å². The van der Waals surface area contributed by atoms with Gasteiger partial charge in [0.2, 0.25) is 0 Å². The highest BCUT2D eigenvalue weighted by Gasteiger charge is 2.11. The quantitative estimate of drug-likeness (QED) is 0.446. The highest BCUT2D eigenvalue weighted by atomic mass is 16.5. The first kappa shape index (κ1) is 18.4. The molecule has 0 aliphatic carbocycles. The SMILES string of the molecule is O=C(NO)c1ccc2nc(-c3ccc(OCCN4CCOCC4)cc3)[nH]c2c1. The maximum absolute atomic E-state index is 11.5. The summed E-state index contributed by atoms with van der Waals surface area (Å²) in [6, 6.07) is 12.7. The summed E-state index contributed by atoms with van der Waals surface area (Å²) in [6.45, 7) is 5.01. The minimum atomic E-state index is -0.559. The molecule has 0 unspecified atom stereocenters. The maximum Gasteiger partial charge on any atom is 0.274 e. The van der Waals surface area contributed by atoms with E-state index in [0.29, 0.717) is 18.0 Å². The Hall–Kier alpha value is -2.94. The van der Waals surface area contributed by atoms with Gasteiger partial charge in [0.25, 0.3) is 5.91 Å². The van der Waals surface area contributed by atoms with Gasteiger partial charge in [0, 0.05) is 30.8 Å². The fraction of sp³-hybridized carbons (Fsp3) is 0.300. The molecular weight excluding hydrogens is 360 g/mol. The van der Waals surface area contributed by atoms with Crippen LogP contribution in [0.5, 0.6) is 5.75 Å². The van der Waals surface area contributed by atoms with Crippen LogP contribution >= 0.6 is 0 Å². The van der Waals surface area contributed by atoms with Gasteiger partial charge < -0.3 is 14.5 Å². The van der Waals surface area contributed by atoms with Crippen molar-refractivity contribution in [3.8, 4) is 17.1 Å². The van der Waals surface area contributed by atoms with E-state index < -0.39 is 5.91 Å². The molecule has 1 fully saturated rings. The summed E-state index contributed by atoms with van der Waals surface area (Å²) in [5.41, 5.74) is 4.38. The van der Waals surface area contributed by atoms with Crippen molar-refractivity contribution in [2.75, 3.05) is 39.5 Å². The molecule has 0 bridgehead atoms. The molecule has 1 aromatic heterocycles. The van der Waals surface area contributed by atoms with E-state index in [2.05, 4.69) is 14.9 Å². The van der Waals surface area contributed by atoms with Crippen LogP contribution in [0.15, 0.2) is 42.5 Å². The van der Waals surface area contributed by atoms with E-state index in [9.17, 15) is 4.79 Å². The monoisotopic (exact) mass is 382 g/mol. The number of benzene rings is 2. The maximum atomic E-state index is 11.5. The third kappa shape index (κ3) is 4.14. The van der Waals surface area contributed by atoms with Gasteiger partial charge in [-0.15, -0.1) is 0 Å². The highest BCUT2D eigenvalue weighted by molar-refractivity contribution is 5.97. The molecule has 1 saturated heterocycles. The zero-order chi connectivity index (χ0) is 19.3. The lowest BCUT2D eigenvalue weighted by molar-refractivity contribution is 0.0322. The lowest BCUT2D eigenvalue weighted by atomic mass is 10.2. The Kier molecular flexibility index (Phi) is 5.52. The van der Waals surface area contributed by atoms with Crippen molar-refractivity contribution in [3.63, 3.8) is 0 Å². The molecule has 0 spiro atoms. The number of nitrogens with one attached hydrogen (secondary N) is 2. The molecular formula is C20H22N4O4. The van der Waals surface area contributed by atoms with Crippen molar-refractivity contribution in [1.29, 1.82) is 0 Å². The number of hydroxylamine groups is 1. The molecule has 28 heavy (non-hydrogen) atoms. The molecule has 2 heterocycles. The molecule has 8 heteroatoms. The topological polar surface area (TPSA) is 99.7 Å². The number of fused-ring (bicyclic) bond motifs is 1. The average molecular weight is 382 g/mol. The Morgan fingerprint density at radius 2 is 2.00 bits per heavy atom. The largest absolute Gasteiger partial charge is 0.492 e. The molecule has 0 saturated carbocycles. The van der Waals surface area contributed by atoms with Crippen LogP contribution in [0.4, 0.5) is 0 Å². The zero-order valence-electron chi connectivity index (χ0n) is 15.4. The Balaban J connectivity index is 1.41. The van der Waals surface area contributed by atoms with Crippen molar-refractivity contribution in [2.45, 2.75) is 0 Å². The molecule has 146 valence electrons. The molecule has 8 nitrogen and oxygen atoms in total. The zero-order valence-corrected chi connectivity index (χ0v) is 15.4. The summed E-state index contributed by atoms with van der Waals surface area (Å²) < 4.78 is 11.2. The van der Waals surface area contributed by atoms with Crippen LogP contribution in [-0.4, -0.2) is 65.4 Å². The first-order valence-corrected chi connectivity index (χ1v) is 9.20. The number of aromatic amines is 1. The molecule has 3 N–H and O–H groups in total. The van der Waals surface area contributed by atoms with Gasteiger partial charge in [-0.3, -0.25) is 14.9 Å². The van der Waals surface area contributed by atoms with Crippen LogP contribution in [-0.2, 0) is 4.74 Å². The average Bonchev–Trinajstić information content (AvgIpc) is 3.18. The fourth-order valence-corrected chi connectivity index (χ4v) is 3.18. The lowest BCUT2D eigenvalue weighted by Gasteiger charge is -2.26. The summed E-state index contributed by atoms with van der Waals surface area (Å²) in [4.78, 5) is 21.6. The number of rotatable bonds is 6. The fourth-order valence-electron chi connectivity index (χ4n) is 3.18. The number of hydrogen-bond acceptors (Lipinski definition) is 6. The van der Waals surface area contributed by atoms with Crippen LogP contribution in [0.3, 0.4) is 0 Å². The molecule has 2 aromatic carbocycles. The van der Waals surface area contributed by atoms with Gasteiger partial charge >= 0.3 is 0 Å². The predicted molar refractivity (Wildman–Crippen MR) is 104 cm³/mol. The second-order valence-electron chi connectivity index (χ2n) is 6.59. The Labute approximate surface area is 162 Å². The molecule has 0 atom stereocenters. The van der Waals surface area contributed by atoms with Gasteiger partial charge in [0.15, 0.2) is 0 Å². The summed E-state index contributed by atoms with van der Waals surface area (Å²) in [6.07, 6.45) is 0. The van der Waals surface area contributed by atoms with Crippen LogP contribution in [0.25, 0.3) is 22.4 Å². The lowest BCUT2D eigenvalue weighted by Crippen LogP contribution is -2.38. The summed E-state index contributed by atoms with van der Waals surface area (Å²) in [5.74, 6) is 0.961. The molecule has 1 aliphatic rings. The number of aromatic nitrogens is 2. The number of imidazole rings is 1. The predicted octanol–water partition coefficient (Wildman–Crippen LogP) is 2.06. The normalized spacial score (nSPS) is 14.9. The van der Waals surface area contributed by atoms with Crippen LogP contribution in [0.2, 0.25) is 0 Å². The molecule has 0 radical (unpaired) electrons. The van der Waals surface area contributed by atoms with E-state index in [1.54, 1.807) is 23.7 Å². The second-order valence-corrected chi connectivity index (χ2v) is 6.59. The standard InChI is InChI=1S/C20H22N4O4/c25-20(23-26)15-3-6-17-18(13-15)22-19(21-17)14-1-4-16(5-2-14)28-12-9-24-7-10-27-11-8-24/h1-6,13,26H,7-12H2,(H,21,22)(H,23,25). The van der Waals surface area contributed by atoms with Crippen molar-refractivity contribution < 1.29 is 19.5 Å². The minimum absolute atomic E-state index is 0.356. The Bertz CT molecular complexity index is 948. The van der Waals surface area contributed by atoms with Crippen molar-refractivity contribution in [1.82, 2.24) is 20.3 Å². The van der Waals surface area contributed by atoms with Gasteiger partial charge in [-0.2, -0.15) is 0 Å². The van der Waals surface area contributed by atoms with Gasteiger partial charge in [-0.05, 0) is 42.5 Å². The number of H-pyrrole nitrogens is 1. The second kappa shape index (κ2) is 8.39. The Morgan fingerprint density at radius 1 is 1.21 bits per heavy atom. The Morgan fingerprint density at radius 3 is 2.75 bits per heavy atom. The number of carbonyl (C=O) groups excluding carboxylic acids is 1. The molecule has 4 rings (SSSR count). The first-order valence-electron chi connectivity index (χ1n) is 9.20. The summed E-state index contributed by atoms with van der Waals surface area (Å²) in [7, 11) is 0. The van der Waals surface area contributed by atoms with Crippen molar-refractivity contribution in [3.05, 3.63) is 48.0 Å².